The van der Waals surface area contributed by atoms with Gasteiger partial charge in [-0.2, -0.15) is 0 Å². The van der Waals surface area contributed by atoms with Crippen LogP contribution in [0, 0.1) is 0 Å². The molecular weight excluding hydrogens is 218 g/mol. The van der Waals surface area contributed by atoms with Crippen molar-refractivity contribution in [1.29, 1.82) is 0 Å². The van der Waals surface area contributed by atoms with Crippen molar-refractivity contribution in [3.8, 4) is 17.2 Å². The van der Waals surface area contributed by atoms with E-state index in [1.807, 2.05) is 18.2 Å². The number of fused-ring (bicyclic) bond motifs is 1. The van der Waals surface area contributed by atoms with Crippen LogP contribution in [0.3, 0.4) is 0 Å². The van der Waals surface area contributed by atoms with Crippen LogP contribution in [0.5, 0.6) is 17.2 Å². The third kappa shape index (κ3) is 2.36. The first kappa shape index (κ1) is 11.8. The normalized spacial score (nSPS) is 14.5. The monoisotopic (exact) mass is 235 g/mol. The van der Waals surface area contributed by atoms with Gasteiger partial charge in [-0.3, -0.25) is 0 Å². The molecule has 0 saturated carbocycles. The van der Waals surface area contributed by atoms with Gasteiger partial charge in [-0.05, 0) is 30.5 Å². The molecule has 0 aromatic heterocycles. The Kier molecular flexibility index (Phi) is 3.54. The van der Waals surface area contributed by atoms with Gasteiger partial charge >= 0.3 is 0 Å². The first-order valence-corrected chi connectivity index (χ1v) is 5.60. The number of allylic oxidation sites excluding steroid dienone is 1. The maximum absolute atomic E-state index is 6.10. The van der Waals surface area contributed by atoms with Crippen molar-refractivity contribution in [3.05, 3.63) is 30.4 Å². The zero-order valence-corrected chi connectivity index (χ0v) is 9.94. The Balaban J connectivity index is 2.26. The van der Waals surface area contributed by atoms with Gasteiger partial charge in [0.05, 0.1) is 7.11 Å². The molecule has 0 spiro atoms. The average molecular weight is 235 g/mol. The van der Waals surface area contributed by atoms with E-state index >= 15 is 0 Å². The van der Waals surface area contributed by atoms with Crippen molar-refractivity contribution < 1.29 is 14.2 Å². The van der Waals surface area contributed by atoms with Gasteiger partial charge in [0, 0.05) is 6.04 Å². The molecule has 92 valence electrons. The van der Waals surface area contributed by atoms with Crippen LogP contribution in [0.25, 0.3) is 0 Å². The smallest absolute Gasteiger partial charge is 0.231 e. The summed E-state index contributed by atoms with van der Waals surface area (Å²) in [4.78, 5) is 0. The predicted molar refractivity (Wildman–Crippen MR) is 65.5 cm³/mol. The van der Waals surface area contributed by atoms with Crippen molar-refractivity contribution >= 4 is 0 Å². The maximum Gasteiger partial charge on any atom is 0.231 e. The molecule has 4 nitrogen and oxygen atoms in total. The lowest BCUT2D eigenvalue weighted by Crippen LogP contribution is -2.10. The standard InChI is InChI=1S/C13H17NO3/c1-3-4-5-10(14)9-6-11(15-2)13-12(7-9)16-8-17-13/h3,6-7,10H,1,4-5,8,14H2,2H3/t10-/m0/s1. The van der Waals surface area contributed by atoms with Gasteiger partial charge in [0.15, 0.2) is 11.5 Å². The highest BCUT2D eigenvalue weighted by Gasteiger charge is 2.21. The first-order chi connectivity index (χ1) is 8.26. The van der Waals surface area contributed by atoms with Crippen molar-refractivity contribution in [2.45, 2.75) is 18.9 Å². The summed E-state index contributed by atoms with van der Waals surface area (Å²) in [5, 5.41) is 0. The summed E-state index contributed by atoms with van der Waals surface area (Å²) in [5.41, 5.74) is 7.09. The van der Waals surface area contributed by atoms with Gasteiger partial charge < -0.3 is 19.9 Å². The fourth-order valence-corrected chi connectivity index (χ4v) is 1.83. The minimum absolute atomic E-state index is 0.0450. The molecule has 0 amide bonds. The molecule has 1 heterocycles. The van der Waals surface area contributed by atoms with Crippen LogP contribution in [-0.4, -0.2) is 13.9 Å². The molecule has 1 atom stereocenters. The van der Waals surface area contributed by atoms with Crippen LogP contribution in [-0.2, 0) is 0 Å². The first-order valence-electron chi connectivity index (χ1n) is 5.60. The van der Waals surface area contributed by atoms with Crippen LogP contribution in [0.2, 0.25) is 0 Å². The van der Waals surface area contributed by atoms with E-state index < -0.39 is 0 Å². The molecule has 4 heteroatoms. The number of methoxy groups -OCH3 is 1. The third-order valence-electron chi connectivity index (χ3n) is 2.79. The van der Waals surface area contributed by atoms with Crippen LogP contribution >= 0.6 is 0 Å². The third-order valence-corrected chi connectivity index (χ3v) is 2.79. The second kappa shape index (κ2) is 5.10. The van der Waals surface area contributed by atoms with Crippen LogP contribution in [0.15, 0.2) is 24.8 Å². The minimum Gasteiger partial charge on any atom is -0.493 e. The van der Waals surface area contributed by atoms with Crippen LogP contribution in [0.4, 0.5) is 0 Å². The van der Waals surface area contributed by atoms with Crippen molar-refractivity contribution in [2.24, 2.45) is 5.73 Å². The van der Waals surface area contributed by atoms with E-state index in [4.69, 9.17) is 19.9 Å². The van der Waals surface area contributed by atoms with E-state index in [2.05, 4.69) is 6.58 Å². The summed E-state index contributed by atoms with van der Waals surface area (Å²) in [6.45, 7) is 3.93. The lowest BCUT2D eigenvalue weighted by atomic mass is 10.0. The molecule has 2 N–H and O–H groups in total. The quantitative estimate of drug-likeness (QED) is 0.796. The number of ether oxygens (including phenoxy) is 3. The van der Waals surface area contributed by atoms with Gasteiger partial charge in [0.25, 0.3) is 0 Å². The van der Waals surface area contributed by atoms with Gasteiger partial charge in [0.1, 0.15) is 0 Å². The van der Waals surface area contributed by atoms with Crippen LogP contribution < -0.4 is 19.9 Å². The molecule has 0 saturated heterocycles. The highest BCUT2D eigenvalue weighted by Crippen LogP contribution is 2.43. The largest absolute Gasteiger partial charge is 0.493 e. The number of rotatable bonds is 5. The summed E-state index contributed by atoms with van der Waals surface area (Å²) >= 11 is 0. The maximum atomic E-state index is 6.10. The second-order valence-corrected chi connectivity index (χ2v) is 3.93. The summed E-state index contributed by atoms with van der Waals surface area (Å²) in [5.74, 6) is 2.03. The molecule has 1 aliphatic rings. The molecule has 17 heavy (non-hydrogen) atoms. The Labute approximate surface area is 101 Å². The average Bonchev–Trinajstić information content (AvgIpc) is 2.82. The molecule has 0 aliphatic carbocycles. The minimum atomic E-state index is -0.0450. The Bertz CT molecular complexity index is 417. The van der Waals surface area contributed by atoms with Gasteiger partial charge in [-0.15, -0.1) is 6.58 Å². The molecule has 1 aromatic carbocycles. The van der Waals surface area contributed by atoms with E-state index in [-0.39, 0.29) is 12.8 Å². The number of hydrogen-bond donors (Lipinski definition) is 1. The Morgan fingerprint density at radius 3 is 3.06 bits per heavy atom. The summed E-state index contributed by atoms with van der Waals surface area (Å²) < 4.78 is 16.0. The molecule has 0 bridgehead atoms. The van der Waals surface area contributed by atoms with Crippen molar-refractivity contribution in [1.82, 2.24) is 0 Å². The SMILES string of the molecule is C=CCC[C@H](N)c1cc(OC)c2c(c1)OCO2. The summed E-state index contributed by atoms with van der Waals surface area (Å²) in [7, 11) is 1.61. The predicted octanol–water partition coefficient (Wildman–Crippen LogP) is 2.39. The van der Waals surface area contributed by atoms with Gasteiger partial charge in [0.2, 0.25) is 12.5 Å². The number of hydrogen-bond acceptors (Lipinski definition) is 4. The fraction of sp³-hybridized carbons (Fsp3) is 0.385. The number of nitrogens with two attached hydrogens (primary N) is 1. The van der Waals surface area contributed by atoms with E-state index in [1.165, 1.54) is 0 Å². The number of benzene rings is 1. The lowest BCUT2D eigenvalue weighted by molar-refractivity contribution is 0.171. The lowest BCUT2D eigenvalue weighted by Gasteiger charge is -2.13. The van der Waals surface area contributed by atoms with E-state index in [0.29, 0.717) is 17.2 Å². The van der Waals surface area contributed by atoms with Crippen LogP contribution in [0.1, 0.15) is 24.4 Å². The Hall–Kier alpha value is -1.68. The summed E-state index contributed by atoms with van der Waals surface area (Å²) in [6, 6.07) is 3.77. The zero-order chi connectivity index (χ0) is 12.3. The zero-order valence-electron chi connectivity index (χ0n) is 9.94. The van der Waals surface area contributed by atoms with Gasteiger partial charge in [-0.1, -0.05) is 6.08 Å². The van der Waals surface area contributed by atoms with Crippen molar-refractivity contribution in [3.63, 3.8) is 0 Å². The molecular formula is C13H17NO3. The molecule has 1 aromatic rings. The molecule has 0 radical (unpaired) electrons. The fourth-order valence-electron chi connectivity index (χ4n) is 1.83. The molecule has 1 aliphatic heterocycles. The second-order valence-electron chi connectivity index (χ2n) is 3.93. The molecule has 0 fully saturated rings. The highest BCUT2D eigenvalue weighted by atomic mass is 16.7. The molecule has 0 unspecified atom stereocenters. The molecule has 2 rings (SSSR count). The Morgan fingerprint density at radius 1 is 1.53 bits per heavy atom. The van der Waals surface area contributed by atoms with E-state index in [0.717, 1.165) is 18.4 Å². The van der Waals surface area contributed by atoms with Gasteiger partial charge in [-0.25, -0.2) is 0 Å². The van der Waals surface area contributed by atoms with E-state index in [1.54, 1.807) is 7.11 Å². The van der Waals surface area contributed by atoms with Crippen molar-refractivity contribution in [2.75, 3.05) is 13.9 Å². The topological polar surface area (TPSA) is 53.7 Å². The Morgan fingerprint density at radius 2 is 2.35 bits per heavy atom. The summed E-state index contributed by atoms with van der Waals surface area (Å²) in [6.07, 6.45) is 3.61. The highest BCUT2D eigenvalue weighted by molar-refractivity contribution is 5.55. The van der Waals surface area contributed by atoms with E-state index in [9.17, 15) is 0 Å².